The molecule has 5 nitrogen and oxygen atoms in total. The highest BCUT2D eigenvalue weighted by Crippen LogP contribution is 2.35. The number of carbonyl (C=O) groups excluding carboxylic acids is 1. The van der Waals surface area contributed by atoms with Gasteiger partial charge < -0.3 is 10.1 Å². The first kappa shape index (κ1) is 14.3. The van der Waals surface area contributed by atoms with Crippen molar-refractivity contribution < 1.29 is 17.9 Å². The van der Waals surface area contributed by atoms with Crippen LogP contribution in [0, 0.1) is 0 Å². The van der Waals surface area contributed by atoms with Crippen molar-refractivity contribution in [3.05, 3.63) is 53.1 Å². The van der Waals surface area contributed by atoms with Gasteiger partial charge in [-0.3, -0.25) is 4.79 Å². The second-order valence-corrected chi connectivity index (χ2v) is 6.81. The number of fused-ring (bicyclic) bond motifs is 2. The lowest BCUT2D eigenvalue weighted by atomic mass is 9.91. The molecule has 4 rings (SSSR count). The molecule has 2 aromatic rings. The molecule has 0 radical (unpaired) electrons. The van der Waals surface area contributed by atoms with Crippen LogP contribution in [-0.2, 0) is 17.1 Å². The normalized spacial score (nSPS) is 19.0. The average molecular weight is 329 g/mol. The summed E-state index contributed by atoms with van der Waals surface area (Å²) in [7, 11) is -2.68. The smallest absolute Gasteiger partial charge is 0.168 e. The molecule has 23 heavy (non-hydrogen) atoms. The summed E-state index contributed by atoms with van der Waals surface area (Å²) in [6.07, 6.45) is 1.20. The Labute approximate surface area is 135 Å². The van der Waals surface area contributed by atoms with Crippen LogP contribution in [-0.4, -0.2) is 20.8 Å². The van der Waals surface area contributed by atoms with Crippen LogP contribution < -0.4 is 10.1 Å². The van der Waals surface area contributed by atoms with Gasteiger partial charge in [-0.05, 0) is 41.5 Å². The number of hydrogen-bond acceptors (Lipinski definition) is 5. The molecule has 0 saturated heterocycles. The van der Waals surface area contributed by atoms with Crippen molar-refractivity contribution in [2.45, 2.75) is 23.8 Å². The van der Waals surface area contributed by atoms with E-state index in [0.29, 0.717) is 24.3 Å². The quantitative estimate of drug-likeness (QED) is 0.828. The third kappa shape index (κ3) is 2.49. The van der Waals surface area contributed by atoms with Gasteiger partial charge in [0.15, 0.2) is 16.5 Å². The molecule has 0 bridgehead atoms. The average Bonchev–Trinajstić information content (AvgIpc) is 3.01. The summed E-state index contributed by atoms with van der Waals surface area (Å²) in [5, 5.41) is 3.34. The largest absolute Gasteiger partial charge is 0.493 e. The minimum Gasteiger partial charge on any atom is -0.493 e. The van der Waals surface area contributed by atoms with Gasteiger partial charge in [-0.15, -0.1) is 0 Å². The van der Waals surface area contributed by atoms with E-state index in [1.165, 1.54) is 17.7 Å². The maximum Gasteiger partial charge on any atom is 0.168 e. The molecular weight excluding hydrogens is 314 g/mol. The summed E-state index contributed by atoms with van der Waals surface area (Å²) in [6, 6.07) is 10.5. The van der Waals surface area contributed by atoms with Gasteiger partial charge >= 0.3 is 0 Å². The summed E-state index contributed by atoms with van der Waals surface area (Å²) in [5.41, 5.74) is 3.35. The third-order valence-corrected chi connectivity index (χ3v) is 5.05. The van der Waals surface area contributed by atoms with Crippen molar-refractivity contribution in [3.63, 3.8) is 0 Å². The van der Waals surface area contributed by atoms with Gasteiger partial charge in [0, 0.05) is 24.1 Å². The highest BCUT2D eigenvalue weighted by molar-refractivity contribution is 7.72. The number of thiol groups is 1. The molecule has 1 unspecified atom stereocenters. The molecule has 118 valence electrons. The van der Waals surface area contributed by atoms with Crippen molar-refractivity contribution in [1.82, 2.24) is 0 Å². The van der Waals surface area contributed by atoms with Crippen molar-refractivity contribution in [1.29, 1.82) is 0 Å². The molecule has 0 saturated carbocycles. The number of carbonyl (C=O) groups is 1. The monoisotopic (exact) mass is 329 g/mol. The second-order valence-electron chi connectivity index (χ2n) is 5.78. The summed E-state index contributed by atoms with van der Waals surface area (Å²) in [5.74, 6) is 0.874. The molecule has 0 fully saturated rings. The lowest BCUT2D eigenvalue weighted by Crippen LogP contribution is -2.23. The van der Waals surface area contributed by atoms with Crippen molar-refractivity contribution in [2.24, 2.45) is 0 Å². The molecule has 0 spiro atoms. The third-order valence-electron chi connectivity index (χ3n) is 4.35. The maximum absolute atomic E-state index is 12.4. The number of nitrogens with one attached hydrogen (secondary N) is 1. The molecule has 0 aliphatic carbocycles. The van der Waals surface area contributed by atoms with Gasteiger partial charge in [-0.2, -0.15) is 0 Å². The topological polar surface area (TPSA) is 72.5 Å². The van der Waals surface area contributed by atoms with Gasteiger partial charge in [-0.25, -0.2) is 8.42 Å². The molecule has 1 atom stereocenters. The minimum absolute atomic E-state index is 0.0424. The lowest BCUT2D eigenvalue weighted by molar-refractivity contribution is 0.0972. The lowest BCUT2D eigenvalue weighted by Gasteiger charge is -2.27. The zero-order valence-electron chi connectivity index (χ0n) is 12.2. The molecule has 2 aromatic carbocycles. The van der Waals surface area contributed by atoms with Crippen LogP contribution in [0.4, 0.5) is 5.69 Å². The van der Waals surface area contributed by atoms with Crippen molar-refractivity contribution in [2.75, 3.05) is 11.9 Å². The molecule has 0 amide bonds. The Morgan fingerprint density at radius 2 is 2.00 bits per heavy atom. The first-order valence-electron chi connectivity index (χ1n) is 7.45. The van der Waals surface area contributed by atoms with Gasteiger partial charge in [0.1, 0.15) is 5.75 Å². The van der Waals surface area contributed by atoms with Crippen LogP contribution in [0.1, 0.15) is 33.9 Å². The van der Waals surface area contributed by atoms with Crippen LogP contribution in [0.2, 0.25) is 0 Å². The van der Waals surface area contributed by atoms with E-state index >= 15 is 0 Å². The number of benzene rings is 2. The van der Waals surface area contributed by atoms with Crippen LogP contribution >= 0.6 is 0 Å². The molecule has 2 aliphatic rings. The first-order chi connectivity index (χ1) is 11.1. The zero-order chi connectivity index (χ0) is 16.0. The summed E-state index contributed by atoms with van der Waals surface area (Å²) < 4.78 is 27.7. The van der Waals surface area contributed by atoms with E-state index in [4.69, 9.17) is 4.74 Å². The Kier molecular flexibility index (Phi) is 3.34. The van der Waals surface area contributed by atoms with E-state index in [-0.39, 0.29) is 16.7 Å². The van der Waals surface area contributed by atoms with E-state index in [0.717, 1.165) is 17.7 Å². The van der Waals surface area contributed by atoms with Crippen LogP contribution in [0.25, 0.3) is 0 Å². The van der Waals surface area contributed by atoms with E-state index < -0.39 is 10.7 Å². The summed E-state index contributed by atoms with van der Waals surface area (Å²) in [6.45, 7) is 0.703. The Hall–Kier alpha value is -2.34. The van der Waals surface area contributed by atoms with E-state index in [9.17, 15) is 13.2 Å². The molecule has 6 heteroatoms. The highest BCUT2D eigenvalue weighted by atomic mass is 32.2. The molecular formula is C17H15NO4S. The number of Topliss-reactive ketones (excluding diaryl/α,β-unsaturated/α-hetero) is 1. The fourth-order valence-corrected chi connectivity index (χ4v) is 3.59. The number of rotatable bonds is 2. The molecule has 0 aromatic heterocycles. The van der Waals surface area contributed by atoms with Crippen molar-refractivity contribution >= 4 is 22.2 Å². The summed E-state index contributed by atoms with van der Waals surface area (Å²) >= 11 is 0. The fourth-order valence-electron chi connectivity index (χ4n) is 3.16. The maximum atomic E-state index is 12.4. The Bertz CT molecular complexity index is 880. The predicted octanol–water partition coefficient (Wildman–Crippen LogP) is 2.33. The Morgan fingerprint density at radius 1 is 1.13 bits per heavy atom. The van der Waals surface area contributed by atoms with E-state index in [1.54, 1.807) is 6.07 Å². The minimum atomic E-state index is -2.68. The second kappa shape index (κ2) is 5.38. The zero-order valence-corrected chi connectivity index (χ0v) is 13.1. The van der Waals surface area contributed by atoms with Crippen LogP contribution in [0.3, 0.4) is 0 Å². The van der Waals surface area contributed by atoms with Crippen molar-refractivity contribution in [3.8, 4) is 5.75 Å². The number of ketones is 1. The van der Waals surface area contributed by atoms with Crippen LogP contribution in [0.15, 0.2) is 41.3 Å². The number of ether oxygens (including phenoxy) is 1. The number of anilines is 1. The van der Waals surface area contributed by atoms with Gasteiger partial charge in [0.05, 0.1) is 17.5 Å². The van der Waals surface area contributed by atoms with Crippen LogP contribution in [0.5, 0.6) is 5.75 Å². The standard InChI is InChI=1S/C17H15NO4S/c19-16-9-15(10-1-4-17-11(7-10)5-6-22-17)18-14-3-2-12(23(20)21)8-13(14)16/h1-4,7-8,15,18,23H,5-6,9H2. The van der Waals surface area contributed by atoms with Gasteiger partial charge in [-0.1, -0.05) is 6.07 Å². The van der Waals surface area contributed by atoms with E-state index in [2.05, 4.69) is 11.4 Å². The summed E-state index contributed by atoms with van der Waals surface area (Å²) in [4.78, 5) is 12.6. The molecule has 1 N–H and O–H groups in total. The SMILES string of the molecule is O=C1CC(c2ccc3c(c2)CCO3)Nc2ccc([SH](=O)=O)cc21. The number of hydrogen-bond donors (Lipinski definition) is 2. The van der Waals surface area contributed by atoms with Gasteiger partial charge in [0.2, 0.25) is 0 Å². The Balaban J connectivity index is 1.68. The predicted molar refractivity (Wildman–Crippen MR) is 86.0 cm³/mol. The molecule has 2 aliphatic heterocycles. The van der Waals surface area contributed by atoms with E-state index in [1.807, 2.05) is 12.1 Å². The highest BCUT2D eigenvalue weighted by Gasteiger charge is 2.27. The first-order valence-corrected chi connectivity index (χ1v) is 8.63. The Morgan fingerprint density at radius 3 is 2.83 bits per heavy atom. The fraction of sp³-hybridized carbons (Fsp3) is 0.235. The van der Waals surface area contributed by atoms with Gasteiger partial charge in [0.25, 0.3) is 0 Å². The molecule has 2 heterocycles.